The molecule has 0 amide bonds. The lowest BCUT2D eigenvalue weighted by Crippen LogP contribution is -2.35. The number of nitrogens with two attached hydrogens (primary N) is 1. The predicted octanol–water partition coefficient (Wildman–Crippen LogP) is 2.14. The van der Waals surface area contributed by atoms with E-state index in [2.05, 4.69) is 5.32 Å². The number of benzene rings is 1. The van der Waals surface area contributed by atoms with Crippen molar-refractivity contribution in [1.82, 2.24) is 0 Å². The molecule has 1 atom stereocenters. The van der Waals surface area contributed by atoms with Gasteiger partial charge in [0.1, 0.15) is 11.4 Å². The molecular formula is C12H19N3O3. The van der Waals surface area contributed by atoms with Crippen LogP contribution in [0.25, 0.3) is 0 Å². The van der Waals surface area contributed by atoms with Crippen LogP contribution in [0.3, 0.4) is 0 Å². The van der Waals surface area contributed by atoms with Crippen LogP contribution in [0.4, 0.5) is 17.1 Å². The van der Waals surface area contributed by atoms with Gasteiger partial charge in [-0.15, -0.1) is 0 Å². The minimum absolute atomic E-state index is 0.0213. The molecule has 0 aliphatic rings. The molecule has 6 heteroatoms. The molecule has 0 fully saturated rings. The summed E-state index contributed by atoms with van der Waals surface area (Å²) in [5.74, 6) is 0. The Morgan fingerprint density at radius 1 is 1.56 bits per heavy atom. The molecule has 100 valence electrons. The van der Waals surface area contributed by atoms with E-state index in [4.69, 9.17) is 10.8 Å². The predicted molar refractivity (Wildman–Crippen MR) is 71.5 cm³/mol. The Morgan fingerprint density at radius 2 is 2.22 bits per heavy atom. The minimum atomic E-state index is -0.493. The van der Waals surface area contributed by atoms with E-state index in [0.717, 1.165) is 6.42 Å². The Bertz CT molecular complexity index is 437. The molecule has 0 spiro atoms. The zero-order chi connectivity index (χ0) is 13.8. The fraction of sp³-hybridized carbons (Fsp3) is 0.500. The van der Waals surface area contributed by atoms with Gasteiger partial charge in [0, 0.05) is 12.1 Å². The third-order valence-corrected chi connectivity index (χ3v) is 3.13. The largest absolute Gasteiger partial charge is 0.396 e. The first kappa shape index (κ1) is 14.2. The van der Waals surface area contributed by atoms with E-state index in [0.29, 0.717) is 12.1 Å². The quantitative estimate of drug-likeness (QED) is 0.409. The molecule has 1 unspecified atom stereocenters. The lowest BCUT2D eigenvalue weighted by Gasteiger charge is -2.30. The van der Waals surface area contributed by atoms with Gasteiger partial charge < -0.3 is 16.2 Å². The van der Waals surface area contributed by atoms with E-state index in [1.165, 1.54) is 6.07 Å². The first-order chi connectivity index (χ1) is 8.43. The lowest BCUT2D eigenvalue weighted by molar-refractivity contribution is -0.383. The Kier molecular flexibility index (Phi) is 4.49. The molecule has 0 aromatic heterocycles. The number of rotatable bonds is 6. The summed E-state index contributed by atoms with van der Waals surface area (Å²) in [4.78, 5) is 10.5. The van der Waals surface area contributed by atoms with Gasteiger partial charge in [0.2, 0.25) is 0 Å². The number of nitrogen functional groups attached to an aromatic ring is 1. The summed E-state index contributed by atoms with van der Waals surface area (Å²) in [5, 5.41) is 23.2. The number of para-hydroxylation sites is 1. The number of nitro groups is 1. The fourth-order valence-electron chi connectivity index (χ4n) is 1.77. The molecule has 0 saturated heterocycles. The van der Waals surface area contributed by atoms with Crippen molar-refractivity contribution in [2.75, 3.05) is 17.7 Å². The molecule has 0 radical (unpaired) electrons. The highest BCUT2D eigenvalue weighted by Gasteiger charge is 2.26. The summed E-state index contributed by atoms with van der Waals surface area (Å²) in [7, 11) is 0. The smallest absolute Gasteiger partial charge is 0.314 e. The Hall–Kier alpha value is -1.82. The molecule has 0 bridgehead atoms. The number of anilines is 2. The number of aliphatic hydroxyl groups is 1. The van der Waals surface area contributed by atoms with Crippen molar-refractivity contribution < 1.29 is 10.0 Å². The zero-order valence-electron chi connectivity index (χ0n) is 10.6. The molecule has 0 heterocycles. The van der Waals surface area contributed by atoms with Crippen LogP contribution in [0.1, 0.15) is 26.7 Å². The first-order valence-corrected chi connectivity index (χ1v) is 5.85. The molecular weight excluding hydrogens is 234 g/mol. The second-order valence-corrected chi connectivity index (χ2v) is 4.51. The summed E-state index contributed by atoms with van der Waals surface area (Å²) in [6.45, 7) is 3.89. The van der Waals surface area contributed by atoms with Crippen molar-refractivity contribution in [3.05, 3.63) is 28.3 Å². The maximum atomic E-state index is 11.0. The lowest BCUT2D eigenvalue weighted by atomic mass is 9.94. The Labute approximate surface area is 106 Å². The van der Waals surface area contributed by atoms with Crippen LogP contribution in [0, 0.1) is 10.1 Å². The van der Waals surface area contributed by atoms with Gasteiger partial charge in [-0.05, 0) is 31.9 Å². The summed E-state index contributed by atoms with van der Waals surface area (Å²) >= 11 is 0. The van der Waals surface area contributed by atoms with Crippen LogP contribution in [-0.4, -0.2) is 22.2 Å². The maximum absolute atomic E-state index is 11.0. The molecule has 1 rings (SSSR count). The van der Waals surface area contributed by atoms with E-state index in [1.54, 1.807) is 12.1 Å². The molecule has 0 saturated carbocycles. The van der Waals surface area contributed by atoms with Gasteiger partial charge in [-0.25, -0.2) is 0 Å². The highest BCUT2D eigenvalue weighted by atomic mass is 16.6. The van der Waals surface area contributed by atoms with Crippen molar-refractivity contribution in [2.24, 2.45) is 0 Å². The van der Waals surface area contributed by atoms with Crippen LogP contribution in [0.2, 0.25) is 0 Å². The second kappa shape index (κ2) is 5.68. The van der Waals surface area contributed by atoms with Crippen molar-refractivity contribution >= 4 is 17.1 Å². The summed E-state index contributed by atoms with van der Waals surface area (Å²) in [5.41, 5.74) is 5.63. The van der Waals surface area contributed by atoms with Crippen LogP contribution in [0.15, 0.2) is 18.2 Å². The Morgan fingerprint density at radius 3 is 2.72 bits per heavy atom. The van der Waals surface area contributed by atoms with Crippen molar-refractivity contribution in [1.29, 1.82) is 0 Å². The molecule has 0 aliphatic carbocycles. The summed E-state index contributed by atoms with van der Waals surface area (Å²) < 4.78 is 0. The van der Waals surface area contributed by atoms with E-state index in [1.807, 2.05) is 13.8 Å². The van der Waals surface area contributed by atoms with E-state index in [-0.39, 0.29) is 18.0 Å². The molecule has 1 aromatic rings. The third kappa shape index (κ3) is 3.10. The minimum Gasteiger partial charge on any atom is -0.396 e. The second-order valence-electron chi connectivity index (χ2n) is 4.51. The van der Waals surface area contributed by atoms with Crippen molar-refractivity contribution in [3.8, 4) is 0 Å². The average molecular weight is 253 g/mol. The number of nitrogens with one attached hydrogen (secondary N) is 1. The van der Waals surface area contributed by atoms with Gasteiger partial charge >= 0.3 is 5.69 Å². The first-order valence-electron chi connectivity index (χ1n) is 5.85. The maximum Gasteiger partial charge on any atom is 0.314 e. The summed E-state index contributed by atoms with van der Waals surface area (Å²) in [6, 6.07) is 4.79. The standard InChI is InChI=1S/C12H19N3O3/c1-3-12(2,7-8-16)14-10-6-4-5-9(13)11(10)15(17)18/h4-6,14,16H,3,7-8,13H2,1-2H3. The number of nitro benzene ring substituents is 1. The molecule has 6 nitrogen and oxygen atoms in total. The van der Waals surface area contributed by atoms with Gasteiger partial charge in [0.05, 0.1) is 4.92 Å². The number of aliphatic hydroxyl groups excluding tert-OH is 1. The summed E-state index contributed by atoms with van der Waals surface area (Å²) in [6.07, 6.45) is 1.25. The monoisotopic (exact) mass is 253 g/mol. The average Bonchev–Trinajstić information content (AvgIpc) is 2.28. The van der Waals surface area contributed by atoms with Gasteiger partial charge in [0.15, 0.2) is 0 Å². The van der Waals surface area contributed by atoms with Crippen LogP contribution in [-0.2, 0) is 0 Å². The topological polar surface area (TPSA) is 101 Å². The van der Waals surface area contributed by atoms with Gasteiger partial charge in [-0.1, -0.05) is 13.0 Å². The fourth-order valence-corrected chi connectivity index (χ4v) is 1.77. The number of hydrogen-bond donors (Lipinski definition) is 3. The van der Waals surface area contributed by atoms with Crippen LogP contribution in [0.5, 0.6) is 0 Å². The van der Waals surface area contributed by atoms with E-state index < -0.39 is 10.5 Å². The van der Waals surface area contributed by atoms with E-state index in [9.17, 15) is 10.1 Å². The highest BCUT2D eigenvalue weighted by molar-refractivity contribution is 5.74. The number of nitrogens with zero attached hydrogens (tertiary/aromatic N) is 1. The van der Waals surface area contributed by atoms with Gasteiger partial charge in [-0.3, -0.25) is 10.1 Å². The number of hydrogen-bond acceptors (Lipinski definition) is 5. The third-order valence-electron chi connectivity index (χ3n) is 3.13. The SMILES string of the molecule is CCC(C)(CCO)Nc1cccc(N)c1[N+](=O)[O-]. The van der Waals surface area contributed by atoms with Crippen LogP contribution < -0.4 is 11.1 Å². The van der Waals surface area contributed by atoms with Gasteiger partial charge in [0.25, 0.3) is 0 Å². The van der Waals surface area contributed by atoms with E-state index >= 15 is 0 Å². The highest BCUT2D eigenvalue weighted by Crippen LogP contribution is 2.33. The Balaban J connectivity index is 3.10. The molecule has 4 N–H and O–H groups in total. The normalized spacial score (nSPS) is 13.9. The van der Waals surface area contributed by atoms with Crippen molar-refractivity contribution in [2.45, 2.75) is 32.2 Å². The van der Waals surface area contributed by atoms with Crippen LogP contribution >= 0.6 is 0 Å². The van der Waals surface area contributed by atoms with Crippen molar-refractivity contribution in [3.63, 3.8) is 0 Å². The zero-order valence-corrected chi connectivity index (χ0v) is 10.6. The molecule has 18 heavy (non-hydrogen) atoms. The molecule has 1 aromatic carbocycles. The van der Waals surface area contributed by atoms with Gasteiger partial charge in [-0.2, -0.15) is 0 Å². The molecule has 0 aliphatic heterocycles.